The van der Waals surface area contributed by atoms with E-state index in [0.717, 1.165) is 25.1 Å². The summed E-state index contributed by atoms with van der Waals surface area (Å²) in [6, 6.07) is 4.08. The van der Waals surface area contributed by atoms with Crippen LogP contribution in [-0.4, -0.2) is 51.3 Å². The largest absolute Gasteiger partial charge is 0.493 e. The molecule has 0 aromatic heterocycles. The minimum absolute atomic E-state index is 0.219. The molecule has 1 aromatic carbocycles. The third kappa shape index (κ3) is 4.28. The minimum atomic E-state index is 0.219. The van der Waals surface area contributed by atoms with Crippen molar-refractivity contribution in [3.8, 4) is 17.2 Å². The topological polar surface area (TPSA) is 60.0 Å². The number of benzene rings is 1. The number of nitrogens with zero attached hydrogens (tertiary/aromatic N) is 1. The highest BCUT2D eigenvalue weighted by Crippen LogP contribution is 2.38. The van der Waals surface area contributed by atoms with Crippen LogP contribution in [0, 0.1) is 0 Å². The van der Waals surface area contributed by atoms with Gasteiger partial charge in [-0.15, -0.1) is 0 Å². The van der Waals surface area contributed by atoms with E-state index in [4.69, 9.17) is 14.2 Å². The van der Waals surface area contributed by atoms with Gasteiger partial charge in [-0.1, -0.05) is 0 Å². The molecule has 1 amide bonds. The molecule has 1 aromatic rings. The first-order valence-electron chi connectivity index (χ1n) is 7.89. The highest BCUT2D eigenvalue weighted by molar-refractivity contribution is 5.78. The average molecular weight is 322 g/mol. The maximum Gasteiger partial charge on any atom is 0.222 e. The molecule has 2 rings (SSSR count). The Bertz CT molecular complexity index is 522. The molecule has 0 aliphatic carbocycles. The summed E-state index contributed by atoms with van der Waals surface area (Å²) in [5, 5.41) is 3.44. The molecule has 0 radical (unpaired) electrons. The van der Waals surface area contributed by atoms with Crippen molar-refractivity contribution >= 4 is 5.91 Å². The molecule has 0 bridgehead atoms. The third-order valence-corrected chi connectivity index (χ3v) is 4.04. The molecular formula is C17H26N2O4. The minimum Gasteiger partial charge on any atom is -0.493 e. The second-order valence-corrected chi connectivity index (χ2v) is 5.76. The molecule has 1 aliphatic heterocycles. The number of hydrogen-bond donors (Lipinski definition) is 1. The van der Waals surface area contributed by atoms with Crippen LogP contribution in [-0.2, 0) is 11.3 Å². The number of nitrogens with one attached hydrogen (secondary N) is 1. The van der Waals surface area contributed by atoms with Gasteiger partial charge in [0, 0.05) is 32.1 Å². The smallest absolute Gasteiger partial charge is 0.222 e. The van der Waals surface area contributed by atoms with Crippen molar-refractivity contribution in [3.05, 3.63) is 17.7 Å². The molecule has 0 spiro atoms. The molecule has 23 heavy (non-hydrogen) atoms. The van der Waals surface area contributed by atoms with Gasteiger partial charge in [-0.25, -0.2) is 0 Å². The predicted octanol–water partition coefficient (Wildman–Crippen LogP) is 1.81. The lowest BCUT2D eigenvalue weighted by molar-refractivity contribution is -0.127. The Morgan fingerprint density at radius 1 is 1.17 bits per heavy atom. The maximum atomic E-state index is 11.7. The van der Waals surface area contributed by atoms with Crippen LogP contribution in [0.1, 0.15) is 25.3 Å². The first kappa shape index (κ1) is 17.4. The van der Waals surface area contributed by atoms with E-state index in [0.29, 0.717) is 30.2 Å². The number of ether oxygens (including phenoxy) is 3. The van der Waals surface area contributed by atoms with Gasteiger partial charge in [0.2, 0.25) is 11.7 Å². The van der Waals surface area contributed by atoms with E-state index in [2.05, 4.69) is 12.2 Å². The lowest BCUT2D eigenvalue weighted by Gasteiger charge is -2.22. The standard InChI is InChI=1S/C17H26N2O4/c1-12(11-19-7-5-6-16(19)20)18-10-13-8-14(21-2)17(23-4)15(9-13)22-3/h8-9,12,18H,5-7,10-11H2,1-4H3/t12-/m1/s1. The molecular weight excluding hydrogens is 296 g/mol. The Kier molecular flexibility index (Phi) is 6.10. The van der Waals surface area contributed by atoms with Gasteiger partial charge in [-0.3, -0.25) is 4.79 Å². The normalized spacial score (nSPS) is 15.7. The summed E-state index contributed by atoms with van der Waals surface area (Å²) >= 11 is 0. The van der Waals surface area contributed by atoms with Crippen molar-refractivity contribution in [2.75, 3.05) is 34.4 Å². The van der Waals surface area contributed by atoms with E-state index >= 15 is 0 Å². The van der Waals surface area contributed by atoms with E-state index in [1.165, 1.54) is 0 Å². The molecule has 6 nitrogen and oxygen atoms in total. The van der Waals surface area contributed by atoms with Crippen LogP contribution in [0.25, 0.3) is 0 Å². The van der Waals surface area contributed by atoms with Gasteiger partial charge in [-0.05, 0) is 31.0 Å². The van der Waals surface area contributed by atoms with E-state index in [1.807, 2.05) is 17.0 Å². The maximum absolute atomic E-state index is 11.7. The van der Waals surface area contributed by atoms with Crippen LogP contribution in [0.5, 0.6) is 17.2 Å². The van der Waals surface area contributed by atoms with Gasteiger partial charge < -0.3 is 24.4 Å². The highest BCUT2D eigenvalue weighted by Gasteiger charge is 2.21. The summed E-state index contributed by atoms with van der Waals surface area (Å²) in [6.07, 6.45) is 1.65. The molecule has 128 valence electrons. The van der Waals surface area contributed by atoms with Gasteiger partial charge in [0.15, 0.2) is 11.5 Å². The van der Waals surface area contributed by atoms with Crippen LogP contribution >= 0.6 is 0 Å². The van der Waals surface area contributed by atoms with Crippen molar-refractivity contribution < 1.29 is 19.0 Å². The Labute approximate surface area is 137 Å². The van der Waals surface area contributed by atoms with E-state index in [-0.39, 0.29) is 11.9 Å². The predicted molar refractivity (Wildman–Crippen MR) is 88.2 cm³/mol. The summed E-state index contributed by atoms with van der Waals surface area (Å²) in [4.78, 5) is 13.6. The zero-order valence-electron chi connectivity index (χ0n) is 14.3. The zero-order valence-corrected chi connectivity index (χ0v) is 14.3. The summed E-state index contributed by atoms with van der Waals surface area (Å²) < 4.78 is 16.0. The van der Waals surface area contributed by atoms with Crippen LogP contribution in [0.2, 0.25) is 0 Å². The third-order valence-electron chi connectivity index (χ3n) is 4.04. The molecule has 1 saturated heterocycles. The molecule has 1 atom stereocenters. The Morgan fingerprint density at radius 2 is 1.83 bits per heavy atom. The summed E-state index contributed by atoms with van der Waals surface area (Å²) in [6.45, 7) is 4.36. The monoisotopic (exact) mass is 322 g/mol. The van der Waals surface area contributed by atoms with Crippen LogP contribution in [0.4, 0.5) is 0 Å². The van der Waals surface area contributed by atoms with Crippen molar-refractivity contribution in [2.45, 2.75) is 32.4 Å². The second kappa shape index (κ2) is 8.06. The first-order valence-corrected chi connectivity index (χ1v) is 7.89. The Hall–Kier alpha value is -1.95. The van der Waals surface area contributed by atoms with Gasteiger partial charge in [-0.2, -0.15) is 0 Å². The Morgan fingerprint density at radius 3 is 2.30 bits per heavy atom. The fourth-order valence-corrected chi connectivity index (χ4v) is 2.82. The number of carbonyl (C=O) groups excluding carboxylic acids is 1. The van der Waals surface area contributed by atoms with Gasteiger partial charge in [0.05, 0.1) is 21.3 Å². The molecule has 6 heteroatoms. The van der Waals surface area contributed by atoms with Crippen molar-refractivity contribution in [1.29, 1.82) is 0 Å². The van der Waals surface area contributed by atoms with E-state index in [1.54, 1.807) is 21.3 Å². The summed E-state index contributed by atoms with van der Waals surface area (Å²) in [5.74, 6) is 2.14. The number of methoxy groups -OCH3 is 3. The van der Waals surface area contributed by atoms with Crippen molar-refractivity contribution in [1.82, 2.24) is 10.2 Å². The second-order valence-electron chi connectivity index (χ2n) is 5.76. The lowest BCUT2D eigenvalue weighted by Crippen LogP contribution is -2.39. The number of likely N-dealkylation sites (tertiary alicyclic amines) is 1. The molecule has 0 saturated carbocycles. The number of hydrogen-bond acceptors (Lipinski definition) is 5. The number of carbonyl (C=O) groups is 1. The fourth-order valence-electron chi connectivity index (χ4n) is 2.82. The van der Waals surface area contributed by atoms with Gasteiger partial charge in [0.25, 0.3) is 0 Å². The molecule has 1 fully saturated rings. The van der Waals surface area contributed by atoms with E-state index in [9.17, 15) is 4.79 Å². The number of rotatable bonds is 8. The lowest BCUT2D eigenvalue weighted by atomic mass is 10.1. The molecule has 1 N–H and O–H groups in total. The molecule has 0 unspecified atom stereocenters. The number of amides is 1. The molecule has 1 aliphatic rings. The van der Waals surface area contributed by atoms with Gasteiger partial charge >= 0.3 is 0 Å². The van der Waals surface area contributed by atoms with E-state index < -0.39 is 0 Å². The summed E-state index contributed by atoms with van der Waals surface area (Å²) in [5.41, 5.74) is 1.04. The van der Waals surface area contributed by atoms with Crippen molar-refractivity contribution in [3.63, 3.8) is 0 Å². The van der Waals surface area contributed by atoms with Gasteiger partial charge in [0.1, 0.15) is 0 Å². The first-order chi connectivity index (χ1) is 11.1. The Balaban J connectivity index is 1.98. The fraction of sp³-hybridized carbons (Fsp3) is 0.588. The highest BCUT2D eigenvalue weighted by atomic mass is 16.5. The average Bonchev–Trinajstić information content (AvgIpc) is 2.96. The summed E-state index contributed by atoms with van der Waals surface area (Å²) in [7, 11) is 4.81. The van der Waals surface area contributed by atoms with Crippen LogP contribution < -0.4 is 19.5 Å². The van der Waals surface area contributed by atoms with Crippen LogP contribution in [0.15, 0.2) is 12.1 Å². The SMILES string of the molecule is COc1cc(CN[C@H](C)CN2CCCC2=O)cc(OC)c1OC. The van der Waals surface area contributed by atoms with Crippen LogP contribution in [0.3, 0.4) is 0 Å². The zero-order chi connectivity index (χ0) is 16.8. The van der Waals surface area contributed by atoms with Crippen molar-refractivity contribution in [2.24, 2.45) is 0 Å². The quantitative estimate of drug-likeness (QED) is 0.791. The molecule has 1 heterocycles.